The molecule has 1 aromatic rings. The summed E-state index contributed by atoms with van der Waals surface area (Å²) >= 11 is 3.33. The van der Waals surface area contributed by atoms with Crippen molar-refractivity contribution in [2.24, 2.45) is 0 Å². The summed E-state index contributed by atoms with van der Waals surface area (Å²) in [5.41, 5.74) is 0.820. The monoisotopic (exact) mass is 271 g/mol. The van der Waals surface area contributed by atoms with E-state index in [2.05, 4.69) is 21.2 Å². The van der Waals surface area contributed by atoms with Gasteiger partial charge in [-0.05, 0) is 30.7 Å². The molecule has 0 atom stereocenters. The summed E-state index contributed by atoms with van der Waals surface area (Å²) in [4.78, 5) is 11.4. The van der Waals surface area contributed by atoms with Crippen molar-refractivity contribution in [2.45, 2.75) is 12.8 Å². The Labute approximate surface area is 97.9 Å². The highest BCUT2D eigenvalue weighted by Crippen LogP contribution is 2.14. The van der Waals surface area contributed by atoms with Crippen LogP contribution in [0.2, 0.25) is 0 Å². The van der Waals surface area contributed by atoms with E-state index >= 15 is 0 Å². The molecule has 1 N–H and O–H groups in total. The molecule has 0 aliphatic rings. The second kappa shape index (κ2) is 6.58. The van der Waals surface area contributed by atoms with Crippen LogP contribution < -0.4 is 5.32 Å². The number of methoxy groups -OCH3 is 1. The molecule has 1 rings (SSSR count). The molecule has 15 heavy (non-hydrogen) atoms. The number of hydrogen-bond donors (Lipinski definition) is 1. The minimum atomic E-state index is 0.0226. The Kier molecular flexibility index (Phi) is 5.36. The predicted molar refractivity (Wildman–Crippen MR) is 63.9 cm³/mol. The number of nitrogens with one attached hydrogen (secondary N) is 1. The number of halogens is 1. The van der Waals surface area contributed by atoms with Gasteiger partial charge in [0.2, 0.25) is 5.91 Å². The molecule has 0 aromatic heterocycles. The first-order valence-electron chi connectivity index (χ1n) is 4.76. The van der Waals surface area contributed by atoms with Crippen molar-refractivity contribution in [3.63, 3.8) is 0 Å². The molecule has 0 fully saturated rings. The fourth-order valence-corrected chi connectivity index (χ4v) is 1.40. The number of ether oxygens (including phenoxy) is 1. The maximum atomic E-state index is 11.4. The van der Waals surface area contributed by atoms with Gasteiger partial charge in [-0.25, -0.2) is 0 Å². The SMILES string of the molecule is COCCCC(=O)Nc1ccc(Br)cc1. The lowest BCUT2D eigenvalue weighted by molar-refractivity contribution is -0.116. The fraction of sp³-hybridized carbons (Fsp3) is 0.364. The topological polar surface area (TPSA) is 38.3 Å². The van der Waals surface area contributed by atoms with E-state index in [9.17, 15) is 4.79 Å². The number of carbonyl (C=O) groups is 1. The number of benzene rings is 1. The van der Waals surface area contributed by atoms with Gasteiger partial charge in [0.15, 0.2) is 0 Å². The average molecular weight is 272 g/mol. The number of anilines is 1. The second-order valence-corrected chi connectivity index (χ2v) is 4.07. The molecule has 0 unspecified atom stereocenters. The summed E-state index contributed by atoms with van der Waals surface area (Å²) in [6, 6.07) is 7.51. The number of rotatable bonds is 5. The normalized spacial score (nSPS) is 10.0. The summed E-state index contributed by atoms with van der Waals surface area (Å²) in [6.07, 6.45) is 1.24. The van der Waals surface area contributed by atoms with Crippen LogP contribution in [0.4, 0.5) is 5.69 Å². The van der Waals surface area contributed by atoms with Gasteiger partial charge in [-0.2, -0.15) is 0 Å². The van der Waals surface area contributed by atoms with Crippen LogP contribution in [0.25, 0.3) is 0 Å². The van der Waals surface area contributed by atoms with Crippen LogP contribution in [-0.4, -0.2) is 19.6 Å². The molecule has 1 aromatic carbocycles. The maximum Gasteiger partial charge on any atom is 0.224 e. The van der Waals surface area contributed by atoms with Crippen molar-refractivity contribution in [1.82, 2.24) is 0 Å². The third-order valence-corrected chi connectivity index (χ3v) is 2.41. The highest BCUT2D eigenvalue weighted by atomic mass is 79.9. The molecule has 0 radical (unpaired) electrons. The van der Waals surface area contributed by atoms with Crippen molar-refractivity contribution in [1.29, 1.82) is 0 Å². The Morgan fingerprint density at radius 1 is 1.40 bits per heavy atom. The number of hydrogen-bond acceptors (Lipinski definition) is 2. The molecule has 0 aliphatic carbocycles. The van der Waals surface area contributed by atoms with E-state index in [0.29, 0.717) is 13.0 Å². The summed E-state index contributed by atoms with van der Waals surface area (Å²) < 4.78 is 5.87. The lowest BCUT2D eigenvalue weighted by atomic mass is 10.3. The van der Waals surface area contributed by atoms with Crippen molar-refractivity contribution in [3.8, 4) is 0 Å². The minimum absolute atomic E-state index is 0.0226. The maximum absolute atomic E-state index is 11.4. The lowest BCUT2D eigenvalue weighted by Gasteiger charge is -2.04. The Morgan fingerprint density at radius 2 is 2.07 bits per heavy atom. The van der Waals surface area contributed by atoms with Crippen molar-refractivity contribution < 1.29 is 9.53 Å². The van der Waals surface area contributed by atoms with Gasteiger partial charge in [-0.15, -0.1) is 0 Å². The smallest absolute Gasteiger partial charge is 0.224 e. The summed E-state index contributed by atoms with van der Waals surface area (Å²) in [6.45, 7) is 0.619. The van der Waals surface area contributed by atoms with Gasteiger partial charge < -0.3 is 10.1 Å². The molecule has 3 nitrogen and oxygen atoms in total. The van der Waals surface area contributed by atoms with Crippen LogP contribution in [0, 0.1) is 0 Å². The molecule has 0 heterocycles. The van der Waals surface area contributed by atoms with E-state index in [4.69, 9.17) is 4.74 Å². The first-order valence-corrected chi connectivity index (χ1v) is 5.56. The van der Waals surface area contributed by atoms with Crippen LogP contribution >= 0.6 is 15.9 Å². The highest BCUT2D eigenvalue weighted by molar-refractivity contribution is 9.10. The quantitative estimate of drug-likeness (QED) is 0.837. The van der Waals surface area contributed by atoms with Gasteiger partial charge in [0.25, 0.3) is 0 Å². The van der Waals surface area contributed by atoms with E-state index in [1.54, 1.807) is 7.11 Å². The zero-order chi connectivity index (χ0) is 11.1. The van der Waals surface area contributed by atoms with E-state index < -0.39 is 0 Å². The van der Waals surface area contributed by atoms with Crippen LogP contribution in [0.15, 0.2) is 28.7 Å². The first kappa shape index (κ1) is 12.2. The highest BCUT2D eigenvalue weighted by Gasteiger charge is 2.01. The van der Waals surface area contributed by atoms with Crippen molar-refractivity contribution >= 4 is 27.5 Å². The first-order chi connectivity index (χ1) is 7.22. The van der Waals surface area contributed by atoms with Gasteiger partial charge >= 0.3 is 0 Å². The van der Waals surface area contributed by atoms with Crippen LogP contribution in [-0.2, 0) is 9.53 Å². The van der Waals surface area contributed by atoms with Gasteiger partial charge in [0.05, 0.1) is 0 Å². The lowest BCUT2D eigenvalue weighted by Crippen LogP contribution is -2.11. The van der Waals surface area contributed by atoms with Gasteiger partial charge in [-0.3, -0.25) is 4.79 Å². The van der Waals surface area contributed by atoms with Crippen LogP contribution in [0.1, 0.15) is 12.8 Å². The van der Waals surface area contributed by atoms with Crippen molar-refractivity contribution in [3.05, 3.63) is 28.7 Å². The van der Waals surface area contributed by atoms with Gasteiger partial charge in [-0.1, -0.05) is 15.9 Å². The molecule has 0 saturated heterocycles. The van der Waals surface area contributed by atoms with Gasteiger partial charge in [0, 0.05) is 30.3 Å². The molecule has 0 bridgehead atoms. The molecule has 0 saturated carbocycles. The summed E-state index contributed by atoms with van der Waals surface area (Å²) in [7, 11) is 1.63. The zero-order valence-corrected chi connectivity index (χ0v) is 10.2. The Bertz CT molecular complexity index is 311. The molecule has 0 aliphatic heterocycles. The zero-order valence-electron chi connectivity index (χ0n) is 8.63. The summed E-state index contributed by atoms with van der Waals surface area (Å²) in [5.74, 6) is 0.0226. The fourth-order valence-electron chi connectivity index (χ4n) is 1.13. The van der Waals surface area contributed by atoms with E-state index in [1.165, 1.54) is 0 Å². The van der Waals surface area contributed by atoms with Gasteiger partial charge in [0.1, 0.15) is 0 Å². The Balaban J connectivity index is 2.34. The Morgan fingerprint density at radius 3 is 2.67 bits per heavy atom. The van der Waals surface area contributed by atoms with E-state index in [1.807, 2.05) is 24.3 Å². The molecule has 1 amide bonds. The molecular formula is C11H14BrNO2. The number of amides is 1. The molecule has 0 spiro atoms. The third kappa shape index (κ3) is 4.95. The average Bonchev–Trinajstić information content (AvgIpc) is 2.22. The molecule has 82 valence electrons. The largest absolute Gasteiger partial charge is 0.385 e. The predicted octanol–water partition coefficient (Wildman–Crippen LogP) is 2.81. The van der Waals surface area contributed by atoms with E-state index in [0.717, 1.165) is 16.6 Å². The summed E-state index contributed by atoms with van der Waals surface area (Å²) in [5, 5.41) is 2.81. The number of carbonyl (C=O) groups excluding carboxylic acids is 1. The third-order valence-electron chi connectivity index (χ3n) is 1.88. The van der Waals surface area contributed by atoms with Crippen LogP contribution in [0.5, 0.6) is 0 Å². The minimum Gasteiger partial charge on any atom is -0.385 e. The standard InChI is InChI=1S/C11H14BrNO2/c1-15-8-2-3-11(14)13-10-6-4-9(12)5-7-10/h4-7H,2-3,8H2,1H3,(H,13,14). The molecular weight excluding hydrogens is 258 g/mol. The second-order valence-electron chi connectivity index (χ2n) is 3.15. The Hall–Kier alpha value is -0.870. The van der Waals surface area contributed by atoms with E-state index in [-0.39, 0.29) is 5.91 Å². The van der Waals surface area contributed by atoms with Crippen LogP contribution in [0.3, 0.4) is 0 Å². The molecule has 4 heteroatoms. The van der Waals surface area contributed by atoms with Crippen molar-refractivity contribution in [2.75, 3.05) is 19.0 Å².